The van der Waals surface area contributed by atoms with Crippen LogP contribution in [0, 0.1) is 13.8 Å². The summed E-state index contributed by atoms with van der Waals surface area (Å²) in [6.45, 7) is 4.38. The quantitative estimate of drug-likeness (QED) is 0.501. The lowest BCUT2D eigenvalue weighted by molar-refractivity contribution is -0.117. The molecule has 0 unspecified atom stereocenters. The molecule has 1 heterocycles. The monoisotopic (exact) mass is 438 g/mol. The van der Waals surface area contributed by atoms with E-state index in [2.05, 4.69) is 10.6 Å². The van der Waals surface area contributed by atoms with Crippen LogP contribution in [0.15, 0.2) is 65.7 Å². The van der Waals surface area contributed by atoms with E-state index in [4.69, 9.17) is 11.6 Å². The van der Waals surface area contributed by atoms with Crippen LogP contribution in [0.5, 0.6) is 0 Å². The van der Waals surface area contributed by atoms with Crippen LogP contribution in [-0.2, 0) is 11.2 Å². The molecule has 2 amide bonds. The van der Waals surface area contributed by atoms with Crippen LogP contribution in [0.1, 0.15) is 31.9 Å². The summed E-state index contributed by atoms with van der Waals surface area (Å²) in [4.78, 5) is 26.4. The molecule has 2 aromatic carbocycles. The molecule has 0 aliphatic heterocycles. The van der Waals surface area contributed by atoms with Crippen LogP contribution in [-0.4, -0.2) is 18.4 Å². The number of nitrogens with one attached hydrogen (secondary N) is 2. The molecule has 2 N–H and O–H groups in total. The first-order valence-corrected chi connectivity index (χ1v) is 10.8. The number of thiophene rings is 1. The number of benzene rings is 2. The summed E-state index contributed by atoms with van der Waals surface area (Å²) in [5.41, 5.74) is 3.90. The number of amides is 2. The fraction of sp³-hybridized carbons (Fsp3) is 0.167. The zero-order valence-corrected chi connectivity index (χ0v) is 18.4. The number of carbonyl (C=O) groups excluding carboxylic acids is 2. The van der Waals surface area contributed by atoms with Crippen LogP contribution >= 0.6 is 22.9 Å². The third-order valence-corrected chi connectivity index (χ3v) is 5.73. The number of halogens is 1. The molecule has 4 nitrogen and oxygen atoms in total. The molecule has 0 aliphatic rings. The molecule has 0 aliphatic carbocycles. The van der Waals surface area contributed by atoms with Crippen molar-refractivity contribution in [2.45, 2.75) is 20.3 Å². The second-order valence-electron chi connectivity index (χ2n) is 6.96. The predicted octanol–water partition coefficient (Wildman–Crippen LogP) is 5.15. The van der Waals surface area contributed by atoms with E-state index in [1.165, 1.54) is 11.3 Å². The van der Waals surface area contributed by atoms with E-state index in [0.29, 0.717) is 23.6 Å². The molecular formula is C24H23ClN2O2S. The largest absolute Gasteiger partial charge is 0.350 e. The van der Waals surface area contributed by atoms with E-state index in [1.54, 1.807) is 12.1 Å². The molecule has 1 aromatic heterocycles. The number of aryl methyl sites for hydroxylation is 2. The lowest BCUT2D eigenvalue weighted by Crippen LogP contribution is -2.35. The Hall–Kier alpha value is -2.89. The Labute approximate surface area is 185 Å². The van der Waals surface area contributed by atoms with Crippen molar-refractivity contribution < 1.29 is 9.59 Å². The minimum atomic E-state index is -0.331. The SMILES string of the molecule is Cc1ccc(C(=O)N/C(=C\c2cccs2)C(=O)NCCc2cccc(Cl)c2)cc1C. The average molecular weight is 439 g/mol. The Morgan fingerprint density at radius 3 is 2.57 bits per heavy atom. The average Bonchev–Trinajstić information content (AvgIpc) is 3.22. The first-order chi connectivity index (χ1) is 14.4. The van der Waals surface area contributed by atoms with Gasteiger partial charge < -0.3 is 10.6 Å². The molecule has 0 fully saturated rings. The third-order valence-electron chi connectivity index (χ3n) is 4.68. The fourth-order valence-electron chi connectivity index (χ4n) is 2.86. The van der Waals surface area contributed by atoms with Gasteiger partial charge in [0.15, 0.2) is 0 Å². The Balaban J connectivity index is 1.71. The van der Waals surface area contributed by atoms with E-state index in [-0.39, 0.29) is 17.5 Å². The first-order valence-electron chi connectivity index (χ1n) is 9.59. The van der Waals surface area contributed by atoms with Gasteiger partial charge in [0.25, 0.3) is 11.8 Å². The second-order valence-corrected chi connectivity index (χ2v) is 8.38. The molecule has 0 saturated carbocycles. The lowest BCUT2D eigenvalue weighted by Gasteiger charge is -2.12. The Bertz CT molecular complexity index is 1070. The minimum absolute atomic E-state index is 0.215. The summed E-state index contributed by atoms with van der Waals surface area (Å²) < 4.78 is 0. The van der Waals surface area contributed by atoms with Crippen LogP contribution in [0.4, 0.5) is 0 Å². The molecule has 0 radical (unpaired) electrons. The summed E-state index contributed by atoms with van der Waals surface area (Å²) in [5.74, 6) is -0.645. The molecule has 0 atom stereocenters. The fourth-order valence-corrected chi connectivity index (χ4v) is 3.73. The Kier molecular flexibility index (Phi) is 7.44. The third kappa shape index (κ3) is 6.05. The van der Waals surface area contributed by atoms with E-state index in [0.717, 1.165) is 21.6 Å². The summed E-state index contributed by atoms with van der Waals surface area (Å²) in [5, 5.41) is 8.24. The minimum Gasteiger partial charge on any atom is -0.350 e. The standard InChI is InChI=1S/C24H23ClN2O2S/c1-16-8-9-19(13-17(16)2)23(28)27-22(15-21-7-4-12-30-21)24(29)26-11-10-18-5-3-6-20(25)14-18/h3-9,12-15H,10-11H2,1-2H3,(H,26,29)(H,27,28)/b22-15-. The zero-order chi connectivity index (χ0) is 21.5. The molecule has 6 heteroatoms. The number of hydrogen-bond acceptors (Lipinski definition) is 3. The van der Waals surface area contributed by atoms with Gasteiger partial charge in [0.2, 0.25) is 0 Å². The first kappa shape index (κ1) is 21.8. The molecule has 154 valence electrons. The highest BCUT2D eigenvalue weighted by molar-refractivity contribution is 7.10. The van der Waals surface area contributed by atoms with Crippen molar-refractivity contribution in [2.75, 3.05) is 6.54 Å². The van der Waals surface area contributed by atoms with Crippen molar-refractivity contribution in [3.8, 4) is 0 Å². The van der Waals surface area contributed by atoms with Crippen molar-refractivity contribution in [1.29, 1.82) is 0 Å². The van der Waals surface area contributed by atoms with E-state index in [1.807, 2.05) is 67.8 Å². The highest BCUT2D eigenvalue weighted by atomic mass is 35.5. The van der Waals surface area contributed by atoms with Gasteiger partial charge in [-0.05, 0) is 78.7 Å². The van der Waals surface area contributed by atoms with Crippen LogP contribution in [0.25, 0.3) is 6.08 Å². The highest BCUT2D eigenvalue weighted by Crippen LogP contribution is 2.15. The molecule has 3 aromatic rings. The van der Waals surface area contributed by atoms with Crippen LogP contribution in [0.2, 0.25) is 5.02 Å². The van der Waals surface area contributed by atoms with Gasteiger partial charge in [-0.3, -0.25) is 9.59 Å². The smallest absolute Gasteiger partial charge is 0.267 e. The van der Waals surface area contributed by atoms with Crippen LogP contribution in [0.3, 0.4) is 0 Å². The molecule has 30 heavy (non-hydrogen) atoms. The summed E-state index contributed by atoms with van der Waals surface area (Å²) in [6.07, 6.45) is 2.34. The topological polar surface area (TPSA) is 58.2 Å². The molecular weight excluding hydrogens is 416 g/mol. The summed E-state index contributed by atoms with van der Waals surface area (Å²) in [6, 6.07) is 16.8. The Morgan fingerprint density at radius 2 is 1.87 bits per heavy atom. The second kappa shape index (κ2) is 10.2. The molecule has 0 bridgehead atoms. The van der Waals surface area contributed by atoms with Crippen molar-refractivity contribution >= 4 is 40.8 Å². The van der Waals surface area contributed by atoms with Gasteiger partial charge >= 0.3 is 0 Å². The van der Waals surface area contributed by atoms with Crippen molar-refractivity contribution in [3.63, 3.8) is 0 Å². The molecule has 3 rings (SSSR count). The van der Waals surface area contributed by atoms with E-state index >= 15 is 0 Å². The van der Waals surface area contributed by atoms with Crippen molar-refractivity contribution in [3.05, 3.63) is 97.8 Å². The molecule has 0 saturated heterocycles. The zero-order valence-electron chi connectivity index (χ0n) is 16.9. The van der Waals surface area contributed by atoms with Gasteiger partial charge in [0.05, 0.1) is 0 Å². The summed E-state index contributed by atoms with van der Waals surface area (Å²) in [7, 11) is 0. The normalized spacial score (nSPS) is 11.2. The summed E-state index contributed by atoms with van der Waals surface area (Å²) >= 11 is 7.51. The number of carbonyl (C=O) groups is 2. The van der Waals surface area contributed by atoms with Crippen LogP contribution < -0.4 is 10.6 Å². The van der Waals surface area contributed by atoms with Gasteiger partial charge in [0.1, 0.15) is 5.70 Å². The van der Waals surface area contributed by atoms with E-state index in [9.17, 15) is 9.59 Å². The lowest BCUT2D eigenvalue weighted by atomic mass is 10.1. The Morgan fingerprint density at radius 1 is 1.03 bits per heavy atom. The van der Waals surface area contributed by atoms with E-state index < -0.39 is 0 Å². The number of hydrogen-bond donors (Lipinski definition) is 2. The van der Waals surface area contributed by atoms with Gasteiger partial charge in [0, 0.05) is 22.0 Å². The maximum Gasteiger partial charge on any atom is 0.267 e. The molecule has 0 spiro atoms. The van der Waals surface area contributed by atoms with Gasteiger partial charge in [-0.1, -0.05) is 35.9 Å². The number of rotatable bonds is 7. The maximum atomic E-state index is 12.8. The van der Waals surface area contributed by atoms with Crippen molar-refractivity contribution in [1.82, 2.24) is 10.6 Å². The maximum absolute atomic E-state index is 12.8. The van der Waals surface area contributed by atoms with Gasteiger partial charge in [-0.15, -0.1) is 11.3 Å². The van der Waals surface area contributed by atoms with Gasteiger partial charge in [-0.2, -0.15) is 0 Å². The predicted molar refractivity (Wildman–Crippen MR) is 124 cm³/mol. The van der Waals surface area contributed by atoms with Gasteiger partial charge in [-0.25, -0.2) is 0 Å². The van der Waals surface area contributed by atoms with Crippen molar-refractivity contribution in [2.24, 2.45) is 0 Å². The highest BCUT2D eigenvalue weighted by Gasteiger charge is 2.15.